The molecule has 12 heteroatoms. The summed E-state index contributed by atoms with van der Waals surface area (Å²) < 4.78 is 59.1. The lowest BCUT2D eigenvalue weighted by molar-refractivity contribution is -0.179. The second-order valence-electron chi connectivity index (χ2n) is 17.0. The lowest BCUT2D eigenvalue weighted by atomic mass is 9.96. The molecule has 0 amide bonds. The number of rotatable bonds is 44. The third-order valence-electron chi connectivity index (χ3n) is 11.8. The van der Waals surface area contributed by atoms with Crippen molar-refractivity contribution in [2.45, 2.75) is 224 Å². The molecular formula is C50H90O12. The fourth-order valence-corrected chi connectivity index (χ4v) is 8.33. The second kappa shape index (κ2) is 39.6. The van der Waals surface area contributed by atoms with Crippen LogP contribution in [0.1, 0.15) is 180 Å². The van der Waals surface area contributed by atoms with E-state index in [1.54, 1.807) is 21.3 Å². The highest BCUT2D eigenvalue weighted by Gasteiger charge is 2.37. The Kier molecular flexibility index (Phi) is 36.1. The van der Waals surface area contributed by atoms with Gasteiger partial charge in [0.2, 0.25) is 0 Å². The van der Waals surface area contributed by atoms with E-state index in [0.29, 0.717) is 45.3 Å². The number of carbonyl (C=O) groups is 1. The smallest absolute Gasteiger partial charge is 0.305 e. The average molecular weight is 883 g/mol. The molecule has 0 unspecified atom stereocenters. The van der Waals surface area contributed by atoms with E-state index >= 15 is 0 Å². The normalized spacial score (nSPS) is 17.8. The molecule has 1 aromatic rings. The quantitative estimate of drug-likeness (QED) is 0.0380. The summed E-state index contributed by atoms with van der Waals surface area (Å²) in [6.07, 6.45) is 23.8. The molecule has 62 heavy (non-hydrogen) atoms. The van der Waals surface area contributed by atoms with Crippen molar-refractivity contribution in [1.29, 1.82) is 0 Å². The molecule has 1 fully saturated rings. The lowest BCUT2D eigenvalue weighted by Crippen LogP contribution is -2.38. The van der Waals surface area contributed by atoms with Crippen molar-refractivity contribution in [2.75, 3.05) is 55.1 Å². The molecule has 0 saturated carbocycles. The summed E-state index contributed by atoms with van der Waals surface area (Å²) in [7, 11) is 4.93. The number of hydrogen-bond donors (Lipinski definition) is 1. The molecular weight excluding hydrogens is 793 g/mol. The first kappa shape index (κ1) is 56.4. The molecule has 1 saturated heterocycles. The Morgan fingerprint density at radius 3 is 1.68 bits per heavy atom. The maximum Gasteiger partial charge on any atom is 0.305 e. The fourth-order valence-electron chi connectivity index (χ4n) is 8.33. The summed E-state index contributed by atoms with van der Waals surface area (Å²) in [5.74, 6) is -0.0924. The highest BCUT2D eigenvalue weighted by molar-refractivity contribution is 5.69. The van der Waals surface area contributed by atoms with Crippen LogP contribution in [0.25, 0.3) is 0 Å². The van der Waals surface area contributed by atoms with Crippen LogP contribution in [0.3, 0.4) is 0 Å². The molecule has 0 spiro atoms. The first-order chi connectivity index (χ1) is 30.4. The zero-order valence-corrected chi connectivity index (χ0v) is 39.8. The van der Waals surface area contributed by atoms with Gasteiger partial charge in [0.25, 0.3) is 0 Å². The van der Waals surface area contributed by atoms with E-state index in [-0.39, 0.29) is 69.8 Å². The van der Waals surface area contributed by atoms with Gasteiger partial charge in [0.05, 0.1) is 55.9 Å². The van der Waals surface area contributed by atoms with E-state index in [9.17, 15) is 9.90 Å². The SMILES string of the molecule is CCCCCCCCCC[C@H](OCOC)[C@H]1CC[C@H]([C@@H](CC[C@H](OCOC)[C@@H](CC[C@H](O)CCCCCCCCCCC(=O)OCC)OCOCc2ccccc2)OCOC)O1. The van der Waals surface area contributed by atoms with Crippen molar-refractivity contribution in [3.8, 4) is 0 Å². The van der Waals surface area contributed by atoms with Gasteiger partial charge >= 0.3 is 5.97 Å². The van der Waals surface area contributed by atoms with Crippen molar-refractivity contribution in [2.24, 2.45) is 0 Å². The van der Waals surface area contributed by atoms with Crippen LogP contribution >= 0.6 is 0 Å². The molecule has 1 aliphatic heterocycles. The van der Waals surface area contributed by atoms with E-state index in [2.05, 4.69) is 6.92 Å². The molecule has 2 rings (SSSR count). The summed E-state index contributed by atoms with van der Waals surface area (Å²) >= 11 is 0. The van der Waals surface area contributed by atoms with Gasteiger partial charge in [-0.15, -0.1) is 0 Å². The Bertz CT molecular complexity index is 1130. The average Bonchev–Trinajstić information content (AvgIpc) is 3.77. The van der Waals surface area contributed by atoms with Crippen molar-refractivity contribution < 1.29 is 57.3 Å². The molecule has 0 radical (unpaired) electrons. The summed E-state index contributed by atoms with van der Waals surface area (Å²) in [6, 6.07) is 10.1. The predicted molar refractivity (Wildman–Crippen MR) is 244 cm³/mol. The van der Waals surface area contributed by atoms with Crippen LogP contribution in [-0.2, 0) is 58.8 Å². The largest absolute Gasteiger partial charge is 0.466 e. The van der Waals surface area contributed by atoms with E-state index < -0.39 is 6.10 Å². The minimum atomic E-state index is -0.432. The highest BCUT2D eigenvalue weighted by atomic mass is 16.7. The Labute approximate surface area is 377 Å². The maximum absolute atomic E-state index is 11.5. The fraction of sp³-hybridized carbons (Fsp3) is 0.860. The van der Waals surface area contributed by atoms with Crippen LogP contribution in [-0.4, -0.2) is 109 Å². The van der Waals surface area contributed by atoms with Crippen LogP contribution in [0.15, 0.2) is 30.3 Å². The van der Waals surface area contributed by atoms with Gasteiger partial charge in [0, 0.05) is 27.8 Å². The van der Waals surface area contributed by atoms with E-state index in [4.69, 9.17) is 47.4 Å². The van der Waals surface area contributed by atoms with Crippen molar-refractivity contribution >= 4 is 5.97 Å². The van der Waals surface area contributed by atoms with E-state index in [1.807, 2.05) is 37.3 Å². The first-order valence-corrected chi connectivity index (χ1v) is 24.5. The van der Waals surface area contributed by atoms with Gasteiger partial charge in [-0.1, -0.05) is 134 Å². The van der Waals surface area contributed by atoms with Gasteiger partial charge in [0.1, 0.15) is 27.2 Å². The molecule has 7 atom stereocenters. The monoisotopic (exact) mass is 883 g/mol. The van der Waals surface area contributed by atoms with Crippen LogP contribution in [0.5, 0.6) is 0 Å². The number of ether oxygens (including phenoxy) is 10. The number of benzene rings is 1. The van der Waals surface area contributed by atoms with Crippen molar-refractivity contribution in [3.63, 3.8) is 0 Å². The predicted octanol–water partition coefficient (Wildman–Crippen LogP) is 11.0. The zero-order valence-electron chi connectivity index (χ0n) is 39.8. The Morgan fingerprint density at radius 1 is 0.597 bits per heavy atom. The summed E-state index contributed by atoms with van der Waals surface area (Å²) in [5, 5.41) is 11.1. The molecule has 362 valence electrons. The standard InChI is InChI=1S/C50H90O12/c1-6-8-9-10-11-15-18-24-29-44(58-38-53-3)48-35-36-49(62-48)47(60-40-55-5)34-33-46(59-39-54-4)45(61-41-56-37-42-26-21-20-22-27-42)32-31-43(51)28-23-17-14-12-13-16-19-25-30-50(52)57-7-2/h20-22,26-27,43-49,51H,6-19,23-25,28-41H2,1-5H3/t43-,44+,45-,46+,47-,48-,49-/m1/s1. The van der Waals surface area contributed by atoms with Gasteiger partial charge in [-0.25, -0.2) is 0 Å². The minimum absolute atomic E-state index is 0.0256. The minimum Gasteiger partial charge on any atom is -0.466 e. The number of esters is 1. The number of unbranched alkanes of at least 4 members (excludes halogenated alkanes) is 14. The summed E-state index contributed by atoms with van der Waals surface area (Å²) in [5.41, 5.74) is 1.07. The number of aliphatic hydroxyl groups excluding tert-OH is 1. The van der Waals surface area contributed by atoms with Crippen LogP contribution in [0.2, 0.25) is 0 Å². The van der Waals surface area contributed by atoms with Crippen LogP contribution in [0.4, 0.5) is 0 Å². The molecule has 0 aromatic heterocycles. The van der Waals surface area contributed by atoms with Gasteiger partial charge < -0.3 is 52.5 Å². The van der Waals surface area contributed by atoms with Crippen molar-refractivity contribution in [3.05, 3.63) is 35.9 Å². The molecule has 1 heterocycles. The Morgan fingerprint density at radius 2 is 1.10 bits per heavy atom. The third-order valence-corrected chi connectivity index (χ3v) is 11.8. The van der Waals surface area contributed by atoms with Gasteiger partial charge in [-0.2, -0.15) is 0 Å². The number of methoxy groups -OCH3 is 3. The Hall–Kier alpha value is -1.71. The number of aliphatic hydroxyl groups is 1. The van der Waals surface area contributed by atoms with Gasteiger partial charge in [-0.3, -0.25) is 4.79 Å². The molecule has 1 aromatic carbocycles. The van der Waals surface area contributed by atoms with Crippen LogP contribution < -0.4 is 0 Å². The van der Waals surface area contributed by atoms with E-state index in [1.165, 1.54) is 57.8 Å². The number of hydrogen-bond acceptors (Lipinski definition) is 12. The summed E-state index contributed by atoms with van der Waals surface area (Å²) in [4.78, 5) is 11.5. The maximum atomic E-state index is 11.5. The van der Waals surface area contributed by atoms with Gasteiger partial charge in [-0.05, 0) is 70.3 Å². The zero-order chi connectivity index (χ0) is 44.7. The molecule has 0 bridgehead atoms. The first-order valence-electron chi connectivity index (χ1n) is 24.5. The van der Waals surface area contributed by atoms with E-state index in [0.717, 1.165) is 76.2 Å². The highest BCUT2D eigenvalue weighted by Crippen LogP contribution is 2.32. The molecule has 1 N–H and O–H groups in total. The van der Waals surface area contributed by atoms with Gasteiger partial charge in [0.15, 0.2) is 0 Å². The second-order valence-corrected chi connectivity index (χ2v) is 17.0. The Balaban J connectivity index is 1.96. The molecule has 0 aliphatic carbocycles. The molecule has 1 aliphatic rings. The van der Waals surface area contributed by atoms with Crippen molar-refractivity contribution in [1.82, 2.24) is 0 Å². The third kappa shape index (κ3) is 28.3. The molecule has 12 nitrogen and oxygen atoms in total. The number of carbonyl (C=O) groups excluding carboxylic acids is 1. The lowest BCUT2D eigenvalue weighted by Gasteiger charge is -2.31. The topological polar surface area (TPSA) is 130 Å². The summed E-state index contributed by atoms with van der Waals surface area (Å²) in [6.45, 7) is 5.63. The van der Waals surface area contributed by atoms with Crippen LogP contribution in [0, 0.1) is 0 Å².